The van der Waals surface area contributed by atoms with Crippen molar-refractivity contribution in [2.45, 2.75) is 6.42 Å². The topological polar surface area (TPSA) is 61.9 Å². The zero-order valence-electron chi connectivity index (χ0n) is 13.4. The highest BCUT2D eigenvalue weighted by atomic mass is 19.1. The van der Waals surface area contributed by atoms with Crippen LogP contribution in [0.2, 0.25) is 0 Å². The molecule has 0 radical (unpaired) electrons. The third-order valence-electron chi connectivity index (χ3n) is 3.58. The van der Waals surface area contributed by atoms with Gasteiger partial charge in [-0.25, -0.2) is 4.39 Å². The summed E-state index contributed by atoms with van der Waals surface area (Å²) in [5, 5.41) is 12.3. The Morgan fingerprint density at radius 2 is 1.84 bits per heavy atom. The average Bonchev–Trinajstić information content (AvgIpc) is 3.04. The maximum Gasteiger partial charge on any atom is 0.232 e. The molecule has 1 heterocycles. The molecule has 3 rings (SSSR count). The number of nitrogens with zero attached hydrogens (tertiary/aromatic N) is 2. The normalized spacial score (nSPS) is 10.7. The van der Waals surface area contributed by atoms with Gasteiger partial charge < -0.3 is 9.73 Å². The fourth-order valence-electron chi connectivity index (χ4n) is 2.31. The van der Waals surface area contributed by atoms with Gasteiger partial charge in [-0.1, -0.05) is 42.5 Å². The second-order valence-corrected chi connectivity index (χ2v) is 5.39. The summed E-state index contributed by atoms with van der Waals surface area (Å²) < 4.78 is 18.5. The zero-order chi connectivity index (χ0) is 17.5. The van der Waals surface area contributed by atoms with Crippen molar-refractivity contribution < 1.29 is 8.81 Å². The van der Waals surface area contributed by atoms with Crippen LogP contribution in [0.3, 0.4) is 0 Å². The lowest BCUT2D eigenvalue weighted by molar-refractivity contribution is 0.558. The van der Waals surface area contributed by atoms with Crippen LogP contribution in [0.25, 0.3) is 12.2 Å². The molecule has 0 unspecified atom stereocenters. The zero-order valence-corrected chi connectivity index (χ0v) is 13.4. The number of hydrogen-bond donors (Lipinski definition) is 1. The first-order valence-electron chi connectivity index (χ1n) is 7.87. The van der Waals surface area contributed by atoms with E-state index in [2.05, 4.69) is 10.3 Å². The first kappa shape index (κ1) is 16.5. The SMILES string of the molecule is N#Cc1nc(C=Cc2ccc(F)cc2)oc1NCCc1ccccc1. The second-order valence-electron chi connectivity index (χ2n) is 5.39. The van der Waals surface area contributed by atoms with Crippen molar-refractivity contribution in [3.8, 4) is 6.07 Å². The van der Waals surface area contributed by atoms with Crippen LogP contribution in [0.4, 0.5) is 10.3 Å². The van der Waals surface area contributed by atoms with Crippen molar-refractivity contribution in [2.75, 3.05) is 11.9 Å². The summed E-state index contributed by atoms with van der Waals surface area (Å²) in [5.41, 5.74) is 2.23. The molecule has 2 aromatic carbocycles. The van der Waals surface area contributed by atoms with Crippen LogP contribution < -0.4 is 5.32 Å². The van der Waals surface area contributed by atoms with Gasteiger partial charge in [-0.15, -0.1) is 0 Å². The van der Waals surface area contributed by atoms with E-state index in [1.807, 2.05) is 36.4 Å². The van der Waals surface area contributed by atoms with Crippen LogP contribution in [0.1, 0.15) is 22.7 Å². The van der Waals surface area contributed by atoms with Gasteiger partial charge in [0.05, 0.1) is 0 Å². The number of halogens is 1. The molecule has 25 heavy (non-hydrogen) atoms. The summed E-state index contributed by atoms with van der Waals surface area (Å²) in [7, 11) is 0. The highest BCUT2D eigenvalue weighted by Gasteiger charge is 2.10. The molecule has 0 bridgehead atoms. The average molecular weight is 333 g/mol. The van der Waals surface area contributed by atoms with Crippen molar-refractivity contribution in [1.29, 1.82) is 5.26 Å². The lowest BCUT2D eigenvalue weighted by atomic mass is 10.1. The van der Waals surface area contributed by atoms with E-state index in [-0.39, 0.29) is 11.5 Å². The quantitative estimate of drug-likeness (QED) is 0.721. The maximum absolute atomic E-state index is 12.9. The molecule has 0 aliphatic rings. The van der Waals surface area contributed by atoms with Gasteiger partial charge in [0.25, 0.3) is 0 Å². The predicted octanol–water partition coefficient (Wildman–Crippen LogP) is 4.51. The molecule has 3 aromatic rings. The highest BCUT2D eigenvalue weighted by molar-refractivity contribution is 5.67. The van der Waals surface area contributed by atoms with E-state index in [1.54, 1.807) is 24.3 Å². The third kappa shape index (κ3) is 4.55. The van der Waals surface area contributed by atoms with Crippen molar-refractivity contribution in [3.63, 3.8) is 0 Å². The van der Waals surface area contributed by atoms with E-state index in [0.717, 1.165) is 12.0 Å². The minimum Gasteiger partial charge on any atom is -0.420 e. The Hall–Kier alpha value is -3.39. The van der Waals surface area contributed by atoms with Gasteiger partial charge in [-0.3, -0.25) is 0 Å². The largest absolute Gasteiger partial charge is 0.420 e. The standard InChI is InChI=1S/C20H16FN3O/c21-17-9-6-16(7-10-17)8-11-19-24-18(14-22)20(25-19)23-13-12-15-4-2-1-3-5-15/h1-11,23H,12-13H2. The van der Waals surface area contributed by atoms with E-state index >= 15 is 0 Å². The smallest absolute Gasteiger partial charge is 0.232 e. The number of oxazole rings is 1. The molecule has 0 aliphatic heterocycles. The van der Waals surface area contributed by atoms with E-state index in [9.17, 15) is 9.65 Å². The van der Waals surface area contributed by atoms with E-state index in [1.165, 1.54) is 17.7 Å². The molecule has 0 saturated carbocycles. The van der Waals surface area contributed by atoms with Crippen molar-refractivity contribution in [2.24, 2.45) is 0 Å². The first-order valence-corrected chi connectivity index (χ1v) is 7.87. The number of aromatic nitrogens is 1. The Labute approximate surface area is 145 Å². The van der Waals surface area contributed by atoms with Crippen LogP contribution in [0.5, 0.6) is 0 Å². The number of benzene rings is 2. The number of anilines is 1. The summed E-state index contributed by atoms with van der Waals surface area (Å²) in [6.45, 7) is 0.634. The molecule has 1 N–H and O–H groups in total. The number of nitrogens with one attached hydrogen (secondary N) is 1. The highest BCUT2D eigenvalue weighted by Crippen LogP contribution is 2.18. The Balaban J connectivity index is 1.65. The minimum atomic E-state index is -0.287. The van der Waals surface area contributed by atoms with Gasteiger partial charge >= 0.3 is 0 Å². The third-order valence-corrected chi connectivity index (χ3v) is 3.58. The summed E-state index contributed by atoms with van der Waals surface area (Å²) in [6.07, 6.45) is 4.21. The predicted molar refractivity (Wildman–Crippen MR) is 95.2 cm³/mol. The fourth-order valence-corrected chi connectivity index (χ4v) is 2.31. The minimum absolute atomic E-state index is 0.215. The molecule has 0 fully saturated rings. The summed E-state index contributed by atoms with van der Waals surface area (Å²) >= 11 is 0. The summed E-state index contributed by atoms with van der Waals surface area (Å²) in [6, 6.07) is 18.1. The molecular weight excluding hydrogens is 317 g/mol. The fraction of sp³-hybridized carbons (Fsp3) is 0.100. The maximum atomic E-state index is 12.9. The number of nitriles is 1. The van der Waals surface area contributed by atoms with Crippen LogP contribution in [0, 0.1) is 17.1 Å². The van der Waals surface area contributed by atoms with Crippen LogP contribution in [-0.2, 0) is 6.42 Å². The molecule has 0 spiro atoms. The molecule has 1 aromatic heterocycles. The molecule has 5 heteroatoms. The van der Waals surface area contributed by atoms with E-state index in [4.69, 9.17) is 4.42 Å². The Morgan fingerprint density at radius 1 is 1.08 bits per heavy atom. The molecule has 4 nitrogen and oxygen atoms in total. The Kier molecular flexibility index (Phi) is 5.22. The Bertz CT molecular complexity index is 893. The molecule has 0 saturated heterocycles. The van der Waals surface area contributed by atoms with E-state index < -0.39 is 0 Å². The molecule has 124 valence electrons. The first-order chi connectivity index (χ1) is 12.2. The van der Waals surface area contributed by atoms with Crippen molar-refractivity contribution in [1.82, 2.24) is 4.98 Å². The lowest BCUT2D eigenvalue weighted by Crippen LogP contribution is -2.05. The van der Waals surface area contributed by atoms with Gasteiger partial charge in [0.1, 0.15) is 11.9 Å². The Morgan fingerprint density at radius 3 is 2.56 bits per heavy atom. The second kappa shape index (κ2) is 7.93. The number of hydrogen-bond acceptors (Lipinski definition) is 4. The van der Waals surface area contributed by atoms with Gasteiger partial charge in [-0.05, 0) is 35.8 Å². The molecular formula is C20H16FN3O. The van der Waals surface area contributed by atoms with Crippen LogP contribution in [-0.4, -0.2) is 11.5 Å². The van der Waals surface area contributed by atoms with Gasteiger partial charge in [-0.2, -0.15) is 10.2 Å². The van der Waals surface area contributed by atoms with Crippen LogP contribution in [0.15, 0.2) is 59.0 Å². The van der Waals surface area contributed by atoms with Gasteiger partial charge in [0.2, 0.25) is 17.5 Å². The van der Waals surface area contributed by atoms with Crippen LogP contribution >= 0.6 is 0 Å². The number of rotatable bonds is 6. The summed E-state index contributed by atoms with van der Waals surface area (Å²) in [5.74, 6) is 0.394. The van der Waals surface area contributed by atoms with Crippen molar-refractivity contribution in [3.05, 3.63) is 83.1 Å². The van der Waals surface area contributed by atoms with Crippen molar-refractivity contribution >= 4 is 18.0 Å². The van der Waals surface area contributed by atoms with Gasteiger partial charge in [0.15, 0.2) is 0 Å². The van der Waals surface area contributed by atoms with Gasteiger partial charge in [0, 0.05) is 12.6 Å². The molecule has 0 atom stereocenters. The summed E-state index contributed by atoms with van der Waals surface area (Å²) in [4.78, 5) is 4.14. The molecule has 0 aliphatic carbocycles. The monoisotopic (exact) mass is 333 g/mol. The molecule has 0 amide bonds. The van der Waals surface area contributed by atoms with E-state index in [0.29, 0.717) is 18.3 Å². The lowest BCUT2D eigenvalue weighted by Gasteiger charge is -2.02.